The van der Waals surface area contributed by atoms with Gasteiger partial charge in [0.05, 0.1) is 11.2 Å². The molecule has 7 aromatic rings. The first-order valence-electron chi connectivity index (χ1n) is 17.9. The highest BCUT2D eigenvalue weighted by molar-refractivity contribution is 6.31. The molecule has 0 amide bonds. The molecule has 3 heterocycles. The number of carbonyl (C=O) groups is 1. The molecule has 0 spiro atoms. The van der Waals surface area contributed by atoms with Gasteiger partial charge < -0.3 is 4.57 Å². The van der Waals surface area contributed by atoms with Crippen LogP contribution in [0.5, 0.6) is 0 Å². The number of amidine groups is 1. The number of benzene rings is 5. The summed E-state index contributed by atoms with van der Waals surface area (Å²) < 4.78 is 1.93. The Hall–Kier alpha value is -6.09. The average Bonchev–Trinajstić information content (AvgIpc) is 3.82. The molecule has 262 valence electrons. The van der Waals surface area contributed by atoms with Crippen LogP contribution in [0.15, 0.2) is 151 Å². The lowest BCUT2D eigenvalue weighted by Crippen LogP contribution is -2.57. The highest BCUT2D eigenvalue weighted by atomic mass is 35.5. The van der Waals surface area contributed by atoms with Crippen LogP contribution in [0, 0.1) is 0 Å². The van der Waals surface area contributed by atoms with Crippen molar-refractivity contribution in [1.82, 2.24) is 30.6 Å². The zero-order chi connectivity index (χ0) is 36.2. The quantitative estimate of drug-likeness (QED) is 0.0971. The smallest absolute Gasteiger partial charge is 0.171 e. The molecule has 1 aliphatic rings. The van der Waals surface area contributed by atoms with Crippen molar-refractivity contribution in [3.05, 3.63) is 190 Å². The van der Waals surface area contributed by atoms with Crippen molar-refractivity contribution in [1.29, 1.82) is 0 Å². The van der Waals surface area contributed by atoms with Gasteiger partial charge in [-0.05, 0) is 46.9 Å². The van der Waals surface area contributed by atoms with Gasteiger partial charge >= 0.3 is 0 Å². The Bertz CT molecular complexity index is 2320. The monoisotopic (exact) mass is 715 g/mol. The predicted molar refractivity (Wildman–Crippen MR) is 211 cm³/mol. The number of aldehydes is 1. The van der Waals surface area contributed by atoms with Gasteiger partial charge in [0.1, 0.15) is 17.1 Å². The van der Waals surface area contributed by atoms with Crippen molar-refractivity contribution < 1.29 is 4.79 Å². The van der Waals surface area contributed by atoms with E-state index in [0.717, 1.165) is 81.4 Å². The second kappa shape index (κ2) is 14.9. The highest BCUT2D eigenvalue weighted by Gasteiger charge is 2.45. The topological polar surface area (TPSA) is 87.4 Å². The lowest BCUT2D eigenvalue weighted by molar-refractivity contribution is 0.0761. The molecule has 2 aromatic heterocycles. The van der Waals surface area contributed by atoms with Crippen LogP contribution >= 0.6 is 11.6 Å². The summed E-state index contributed by atoms with van der Waals surface area (Å²) in [7, 11) is 0. The molecule has 8 nitrogen and oxygen atoms in total. The molecule has 0 fully saturated rings. The summed E-state index contributed by atoms with van der Waals surface area (Å²) in [5.41, 5.74) is 14.5. The number of imidazole rings is 1. The number of aromatic nitrogens is 3. The van der Waals surface area contributed by atoms with E-state index in [1.54, 1.807) is 0 Å². The van der Waals surface area contributed by atoms with Crippen LogP contribution in [-0.4, -0.2) is 31.8 Å². The molecule has 9 heteroatoms. The molecule has 5 aromatic carbocycles. The van der Waals surface area contributed by atoms with Crippen LogP contribution in [0.2, 0.25) is 5.15 Å². The van der Waals surface area contributed by atoms with Crippen LogP contribution in [0.3, 0.4) is 0 Å². The van der Waals surface area contributed by atoms with Crippen molar-refractivity contribution in [3.8, 4) is 11.3 Å². The number of hydrogen-bond acceptors (Lipinski definition) is 7. The van der Waals surface area contributed by atoms with Crippen LogP contribution in [0.25, 0.3) is 22.2 Å². The number of unbranched alkanes of at least 4 members (excludes halogenated alkanes) is 1. The molecule has 8 rings (SSSR count). The van der Waals surface area contributed by atoms with E-state index in [2.05, 4.69) is 126 Å². The summed E-state index contributed by atoms with van der Waals surface area (Å²) in [5.74, 6) is 1.50. The predicted octanol–water partition coefficient (Wildman–Crippen LogP) is 8.93. The average molecular weight is 716 g/mol. The summed E-state index contributed by atoms with van der Waals surface area (Å²) in [5, 5.41) is 8.13. The number of aryl methyl sites for hydroxylation is 1. The van der Waals surface area contributed by atoms with E-state index < -0.39 is 5.54 Å². The summed E-state index contributed by atoms with van der Waals surface area (Å²) >= 11 is 6.35. The number of fused-ring (bicyclic) bond motifs is 1. The number of hydrogen-bond donors (Lipinski definition) is 2. The lowest BCUT2D eigenvalue weighted by Gasteiger charge is -2.42. The zero-order valence-corrected chi connectivity index (χ0v) is 30.0. The first-order valence-corrected chi connectivity index (χ1v) is 18.2. The van der Waals surface area contributed by atoms with Crippen molar-refractivity contribution in [2.45, 2.75) is 38.3 Å². The van der Waals surface area contributed by atoms with Gasteiger partial charge in [0.15, 0.2) is 17.3 Å². The number of nitrogens with one attached hydrogen (secondary N) is 2. The minimum Gasteiger partial charge on any atom is -0.320 e. The van der Waals surface area contributed by atoms with E-state index in [0.29, 0.717) is 18.1 Å². The first-order chi connectivity index (χ1) is 26.1. The minimum absolute atomic E-state index is 0.252. The molecule has 1 aliphatic heterocycles. The van der Waals surface area contributed by atoms with E-state index in [1.165, 1.54) is 0 Å². The Kier molecular flexibility index (Phi) is 9.55. The Morgan fingerprint density at radius 1 is 0.736 bits per heavy atom. The molecule has 0 atom stereocenters. The number of carbonyl (C=O) groups excluding carboxylic acids is 1. The third-order valence-electron chi connectivity index (χ3n) is 9.85. The van der Waals surface area contributed by atoms with Gasteiger partial charge in [-0.1, -0.05) is 157 Å². The molecule has 0 unspecified atom stereocenters. The third-order valence-corrected chi connectivity index (χ3v) is 10.1. The summed E-state index contributed by atoms with van der Waals surface area (Å²) in [6.45, 7) is 2.63. The van der Waals surface area contributed by atoms with Gasteiger partial charge in [-0.2, -0.15) is 0 Å². The van der Waals surface area contributed by atoms with Crippen LogP contribution in [-0.2, 0) is 18.5 Å². The van der Waals surface area contributed by atoms with Crippen molar-refractivity contribution in [2.75, 3.05) is 0 Å². The third kappa shape index (κ3) is 6.37. The zero-order valence-electron chi connectivity index (χ0n) is 29.3. The number of nitrogens with zero attached hydrogens (tertiary/aromatic N) is 5. The SMILES string of the molecule is CCCCc1nc(Cl)c(C=O)n1Cc1ccc2nc(-c3ccccc3C3=NNN(C(c4ccccc4)(c4ccccc4)c4ccccc4)N3)ccc2c1. The van der Waals surface area contributed by atoms with Gasteiger partial charge in [-0.15, -0.1) is 5.10 Å². The maximum atomic E-state index is 11.9. The molecule has 0 bridgehead atoms. The Morgan fingerprint density at radius 3 is 1.98 bits per heavy atom. The van der Waals surface area contributed by atoms with E-state index in [-0.39, 0.29) is 5.15 Å². The van der Waals surface area contributed by atoms with Gasteiger partial charge in [0, 0.05) is 29.5 Å². The largest absolute Gasteiger partial charge is 0.320 e. The highest BCUT2D eigenvalue weighted by Crippen LogP contribution is 2.41. The van der Waals surface area contributed by atoms with Crippen LogP contribution in [0.1, 0.15) is 63.9 Å². The van der Waals surface area contributed by atoms with Gasteiger partial charge in [-0.25, -0.2) is 15.5 Å². The van der Waals surface area contributed by atoms with Crippen molar-refractivity contribution in [3.63, 3.8) is 0 Å². The fraction of sp³-hybridized carbons (Fsp3) is 0.136. The lowest BCUT2D eigenvalue weighted by atomic mass is 9.77. The fourth-order valence-electron chi connectivity index (χ4n) is 7.28. The Morgan fingerprint density at radius 2 is 1.36 bits per heavy atom. The van der Waals surface area contributed by atoms with Crippen molar-refractivity contribution in [2.24, 2.45) is 5.10 Å². The second-order valence-electron chi connectivity index (χ2n) is 13.1. The van der Waals surface area contributed by atoms with Gasteiger partial charge in [0.25, 0.3) is 0 Å². The summed E-state index contributed by atoms with van der Waals surface area (Å²) in [6, 6.07) is 49.9. The van der Waals surface area contributed by atoms with Crippen molar-refractivity contribution >= 4 is 34.6 Å². The summed E-state index contributed by atoms with van der Waals surface area (Å²) in [6.07, 6.45) is 3.56. The molecule has 0 radical (unpaired) electrons. The van der Waals surface area contributed by atoms with Gasteiger partial charge in [-0.3, -0.25) is 10.2 Å². The first kappa shape index (κ1) is 34.0. The second-order valence-corrected chi connectivity index (χ2v) is 13.5. The van der Waals surface area contributed by atoms with E-state index in [1.807, 2.05) is 52.1 Å². The number of pyridine rings is 1. The molecule has 2 N–H and O–H groups in total. The van der Waals surface area contributed by atoms with Crippen LogP contribution < -0.4 is 11.0 Å². The number of hydrazine groups is 2. The maximum absolute atomic E-state index is 11.9. The number of hydrazone groups is 1. The molecule has 53 heavy (non-hydrogen) atoms. The minimum atomic E-state index is -0.770. The number of rotatable bonds is 12. The van der Waals surface area contributed by atoms with Gasteiger partial charge in [0.2, 0.25) is 0 Å². The van der Waals surface area contributed by atoms with E-state index in [9.17, 15) is 4.79 Å². The molecule has 0 aliphatic carbocycles. The van der Waals surface area contributed by atoms with E-state index in [4.69, 9.17) is 21.7 Å². The number of halogens is 1. The summed E-state index contributed by atoms with van der Waals surface area (Å²) in [4.78, 5) is 21.5. The van der Waals surface area contributed by atoms with Crippen LogP contribution in [0.4, 0.5) is 0 Å². The standard InChI is InChI=1S/C44H38ClN7O/c1-2-3-23-41-47-42(45)40(30-53)51(41)29-31-24-26-38-32(28-31)25-27-39(46-38)36-21-13-14-22-37(36)43-48-50-52(49-43)44(33-15-7-4-8-16-33,34-17-9-5-10-18-34)35-19-11-6-12-20-35/h4-22,24-28,30,50H,2-3,23,29H2,1H3,(H,48,49). The van der Waals surface area contributed by atoms with E-state index >= 15 is 0 Å². The molecule has 0 saturated carbocycles. The Balaban J connectivity index is 1.12. The molecular formula is C44H38ClN7O. The molecular weight excluding hydrogens is 678 g/mol. The fourth-order valence-corrected chi connectivity index (χ4v) is 7.52. The molecule has 0 saturated heterocycles. The maximum Gasteiger partial charge on any atom is 0.171 e. The normalized spacial score (nSPS) is 13.1. The Labute approximate surface area is 313 Å².